The summed E-state index contributed by atoms with van der Waals surface area (Å²) in [5.74, 6) is 0.484. The van der Waals surface area contributed by atoms with Crippen molar-refractivity contribution in [3.05, 3.63) is 59.2 Å². The van der Waals surface area contributed by atoms with Gasteiger partial charge in [0.2, 0.25) is 15.9 Å². The van der Waals surface area contributed by atoms with Gasteiger partial charge in [-0.05, 0) is 68.0 Å². The largest absolute Gasteiger partial charge is 0.403 e. The minimum atomic E-state index is -3.60. The lowest BCUT2D eigenvalue weighted by Crippen LogP contribution is -2.42. The van der Waals surface area contributed by atoms with Crippen molar-refractivity contribution in [2.24, 2.45) is 11.8 Å². The van der Waals surface area contributed by atoms with Crippen LogP contribution >= 0.6 is 0 Å². The lowest BCUT2D eigenvalue weighted by atomic mass is 9.94. The molecule has 1 aromatic heterocycles. The number of hydrogen-bond donors (Lipinski definition) is 1. The molecule has 33 heavy (non-hydrogen) atoms. The second-order valence-corrected chi connectivity index (χ2v) is 10.9. The van der Waals surface area contributed by atoms with Crippen LogP contribution in [0.3, 0.4) is 0 Å². The lowest BCUT2D eigenvalue weighted by molar-refractivity contribution is 0.102. The van der Waals surface area contributed by atoms with E-state index >= 15 is 0 Å². The van der Waals surface area contributed by atoms with Gasteiger partial charge in [0.15, 0.2) is 0 Å². The number of aryl methyl sites for hydroxylation is 2. The summed E-state index contributed by atoms with van der Waals surface area (Å²) < 4.78 is 33.2. The Morgan fingerprint density at radius 1 is 1.03 bits per heavy atom. The van der Waals surface area contributed by atoms with Gasteiger partial charge in [0.05, 0.1) is 4.90 Å². The first-order chi connectivity index (χ1) is 15.6. The smallest absolute Gasteiger partial charge is 0.322 e. The Morgan fingerprint density at radius 2 is 1.70 bits per heavy atom. The summed E-state index contributed by atoms with van der Waals surface area (Å²) >= 11 is 0. The number of amides is 1. The maximum Gasteiger partial charge on any atom is 0.322 e. The number of anilines is 1. The molecule has 1 N–H and O–H groups in total. The molecule has 2 aromatic carbocycles. The molecule has 3 aromatic rings. The van der Waals surface area contributed by atoms with Crippen molar-refractivity contribution >= 4 is 21.9 Å². The van der Waals surface area contributed by atoms with Crippen molar-refractivity contribution in [2.75, 3.05) is 18.4 Å². The van der Waals surface area contributed by atoms with E-state index in [1.54, 1.807) is 0 Å². The van der Waals surface area contributed by atoms with E-state index in [-0.39, 0.29) is 10.9 Å². The van der Waals surface area contributed by atoms with Crippen LogP contribution in [0.4, 0.5) is 6.01 Å². The molecule has 0 radical (unpaired) electrons. The third-order valence-electron chi connectivity index (χ3n) is 5.85. The Hall–Kier alpha value is -3.04. The van der Waals surface area contributed by atoms with Crippen LogP contribution in [0.1, 0.15) is 41.8 Å². The van der Waals surface area contributed by atoms with Gasteiger partial charge < -0.3 is 4.42 Å². The summed E-state index contributed by atoms with van der Waals surface area (Å²) in [5, 5.41) is 10.5. The number of rotatable bonds is 5. The molecule has 0 aliphatic carbocycles. The summed E-state index contributed by atoms with van der Waals surface area (Å²) in [6, 6.07) is 11.7. The third-order valence-corrected chi connectivity index (χ3v) is 7.69. The van der Waals surface area contributed by atoms with E-state index in [4.69, 9.17) is 4.42 Å². The van der Waals surface area contributed by atoms with Crippen LogP contribution in [0.15, 0.2) is 51.8 Å². The molecule has 174 valence electrons. The molecule has 1 amide bonds. The molecule has 0 bridgehead atoms. The number of hydrogen-bond acceptors (Lipinski definition) is 6. The number of nitrogens with zero attached hydrogens (tertiary/aromatic N) is 3. The predicted octanol–water partition coefficient (Wildman–Crippen LogP) is 4.27. The zero-order valence-corrected chi connectivity index (χ0v) is 20.0. The van der Waals surface area contributed by atoms with Gasteiger partial charge in [0, 0.05) is 24.2 Å². The van der Waals surface area contributed by atoms with Gasteiger partial charge in [-0.2, -0.15) is 4.31 Å². The molecule has 1 saturated heterocycles. The van der Waals surface area contributed by atoms with Gasteiger partial charge in [0.1, 0.15) is 0 Å². The number of carbonyl (C=O) groups is 1. The number of sulfonamides is 1. The van der Waals surface area contributed by atoms with E-state index in [0.717, 1.165) is 23.1 Å². The number of piperidine rings is 1. The minimum absolute atomic E-state index is 0.0250. The fourth-order valence-corrected chi connectivity index (χ4v) is 6.01. The van der Waals surface area contributed by atoms with Gasteiger partial charge in [-0.15, -0.1) is 5.10 Å². The van der Waals surface area contributed by atoms with Gasteiger partial charge in [-0.25, -0.2) is 8.42 Å². The monoisotopic (exact) mass is 468 g/mol. The first-order valence-corrected chi connectivity index (χ1v) is 12.4. The van der Waals surface area contributed by atoms with E-state index in [2.05, 4.69) is 29.4 Å². The normalized spacial score (nSPS) is 19.4. The molecule has 2 unspecified atom stereocenters. The Kier molecular flexibility index (Phi) is 6.36. The third kappa shape index (κ3) is 4.99. The highest BCUT2D eigenvalue weighted by molar-refractivity contribution is 7.89. The molecule has 8 nitrogen and oxygen atoms in total. The van der Waals surface area contributed by atoms with Crippen molar-refractivity contribution in [3.8, 4) is 11.5 Å². The zero-order valence-electron chi connectivity index (χ0n) is 19.2. The van der Waals surface area contributed by atoms with Crippen LogP contribution in [0.5, 0.6) is 0 Å². The number of nitrogens with one attached hydrogen (secondary N) is 1. The molecule has 1 aliphatic heterocycles. The summed E-state index contributed by atoms with van der Waals surface area (Å²) in [7, 11) is -3.60. The molecule has 4 rings (SSSR count). The number of benzene rings is 2. The summed E-state index contributed by atoms with van der Waals surface area (Å²) in [6.07, 6.45) is 1.02. The van der Waals surface area contributed by atoms with Crippen LogP contribution in [-0.4, -0.2) is 41.9 Å². The molecule has 0 saturated carbocycles. The van der Waals surface area contributed by atoms with E-state index < -0.39 is 15.9 Å². The highest BCUT2D eigenvalue weighted by Gasteiger charge is 2.31. The summed E-state index contributed by atoms with van der Waals surface area (Å²) in [4.78, 5) is 12.8. The maximum atomic E-state index is 13.0. The predicted molar refractivity (Wildman–Crippen MR) is 125 cm³/mol. The Balaban J connectivity index is 1.46. The molecular weight excluding hydrogens is 440 g/mol. The minimum Gasteiger partial charge on any atom is -0.403 e. The second kappa shape index (κ2) is 9.07. The van der Waals surface area contributed by atoms with Crippen LogP contribution in [0.25, 0.3) is 11.5 Å². The highest BCUT2D eigenvalue weighted by atomic mass is 32.2. The Bertz CT molecular complexity index is 1260. The van der Waals surface area contributed by atoms with E-state index in [1.165, 1.54) is 28.6 Å². The van der Waals surface area contributed by atoms with Gasteiger partial charge in [-0.3, -0.25) is 10.1 Å². The summed E-state index contributed by atoms with van der Waals surface area (Å²) in [6.45, 7) is 9.10. The first-order valence-electron chi connectivity index (χ1n) is 11.0. The van der Waals surface area contributed by atoms with Crippen LogP contribution < -0.4 is 5.32 Å². The van der Waals surface area contributed by atoms with Crippen molar-refractivity contribution in [3.63, 3.8) is 0 Å². The van der Waals surface area contributed by atoms with Crippen molar-refractivity contribution < 1.29 is 17.6 Å². The quantitative estimate of drug-likeness (QED) is 0.599. The molecule has 9 heteroatoms. The van der Waals surface area contributed by atoms with E-state index in [9.17, 15) is 13.2 Å². The molecular formula is C24H28N4O4S. The Labute approximate surface area is 194 Å². The van der Waals surface area contributed by atoms with E-state index in [0.29, 0.717) is 36.4 Å². The van der Waals surface area contributed by atoms with Crippen LogP contribution in [0.2, 0.25) is 0 Å². The lowest BCUT2D eigenvalue weighted by Gasteiger charge is -2.34. The van der Waals surface area contributed by atoms with Crippen molar-refractivity contribution in [2.45, 2.75) is 39.0 Å². The van der Waals surface area contributed by atoms with Gasteiger partial charge in [0.25, 0.3) is 5.91 Å². The highest BCUT2D eigenvalue weighted by Crippen LogP contribution is 2.27. The van der Waals surface area contributed by atoms with Gasteiger partial charge in [-0.1, -0.05) is 36.6 Å². The van der Waals surface area contributed by atoms with E-state index in [1.807, 2.05) is 32.0 Å². The number of carbonyl (C=O) groups excluding carboxylic acids is 1. The summed E-state index contributed by atoms with van der Waals surface area (Å²) in [5.41, 5.74) is 3.20. The average molecular weight is 469 g/mol. The van der Waals surface area contributed by atoms with Gasteiger partial charge >= 0.3 is 6.01 Å². The standard InChI is InChI=1S/C24H28N4O4S/c1-15-5-10-21(18(4)12-15)23-26-27-24(32-23)25-22(29)19-6-8-20(9-7-19)33(30,31)28-13-16(2)11-17(3)14-28/h5-10,12,16-17H,11,13-14H2,1-4H3,(H,25,27,29). The molecule has 0 spiro atoms. The topological polar surface area (TPSA) is 105 Å². The zero-order chi connectivity index (χ0) is 23.8. The van der Waals surface area contributed by atoms with Crippen molar-refractivity contribution in [1.29, 1.82) is 0 Å². The molecule has 1 aliphatic rings. The SMILES string of the molecule is Cc1ccc(-c2nnc(NC(=O)c3ccc(S(=O)(=O)N4CC(C)CC(C)C4)cc3)o2)c(C)c1. The van der Waals surface area contributed by atoms with Crippen molar-refractivity contribution in [1.82, 2.24) is 14.5 Å². The fraction of sp³-hybridized carbons (Fsp3) is 0.375. The second-order valence-electron chi connectivity index (χ2n) is 8.98. The molecule has 2 atom stereocenters. The Morgan fingerprint density at radius 3 is 2.33 bits per heavy atom. The average Bonchev–Trinajstić information content (AvgIpc) is 3.21. The molecule has 1 fully saturated rings. The maximum absolute atomic E-state index is 13.0. The fourth-order valence-electron chi connectivity index (χ4n) is 4.33. The first kappa shape index (κ1) is 23.1. The van der Waals surface area contributed by atoms with Crippen LogP contribution in [-0.2, 0) is 10.0 Å². The molecule has 2 heterocycles. The number of aromatic nitrogens is 2. The van der Waals surface area contributed by atoms with Crippen LogP contribution in [0, 0.1) is 25.7 Å².